The summed E-state index contributed by atoms with van der Waals surface area (Å²) in [7, 11) is 0. The molecule has 0 aliphatic carbocycles. The minimum absolute atomic E-state index is 0.0101. The van der Waals surface area contributed by atoms with Crippen LogP contribution >= 0.6 is 0 Å². The van der Waals surface area contributed by atoms with Crippen molar-refractivity contribution < 1.29 is 4.74 Å². The van der Waals surface area contributed by atoms with E-state index in [1.165, 1.54) is 12.0 Å². The normalized spacial score (nSPS) is 26.3. The number of hydrogen-bond donors (Lipinski definition) is 2. The zero-order valence-corrected chi connectivity index (χ0v) is 12.1. The van der Waals surface area contributed by atoms with E-state index in [2.05, 4.69) is 49.5 Å². The maximum atomic E-state index is 5.94. The fourth-order valence-electron chi connectivity index (χ4n) is 2.78. The number of nitrogens with two attached hydrogens (primary N) is 1. The minimum Gasteiger partial charge on any atom is -0.374 e. The van der Waals surface area contributed by atoms with Crippen molar-refractivity contribution in [3.63, 3.8) is 0 Å². The van der Waals surface area contributed by atoms with Gasteiger partial charge in [-0.3, -0.25) is 0 Å². The molecule has 0 radical (unpaired) electrons. The fourth-order valence-corrected chi connectivity index (χ4v) is 2.78. The van der Waals surface area contributed by atoms with Gasteiger partial charge >= 0.3 is 0 Å². The fraction of sp³-hybridized carbons (Fsp3) is 0.625. The summed E-state index contributed by atoms with van der Waals surface area (Å²) in [5.41, 5.74) is 7.26. The van der Waals surface area contributed by atoms with E-state index in [0.29, 0.717) is 18.5 Å². The van der Waals surface area contributed by atoms with Gasteiger partial charge in [-0.05, 0) is 31.2 Å². The average molecular weight is 262 g/mol. The Kier molecular flexibility index (Phi) is 4.97. The third-order valence-corrected chi connectivity index (χ3v) is 4.22. The van der Waals surface area contributed by atoms with E-state index in [-0.39, 0.29) is 5.60 Å². The molecule has 0 amide bonds. The Labute approximate surface area is 116 Å². The first kappa shape index (κ1) is 14.5. The Hall–Kier alpha value is -0.900. The van der Waals surface area contributed by atoms with Crippen molar-refractivity contribution in [1.29, 1.82) is 0 Å². The Morgan fingerprint density at radius 1 is 1.37 bits per heavy atom. The van der Waals surface area contributed by atoms with Crippen molar-refractivity contribution in [2.45, 2.75) is 44.2 Å². The molecule has 2 rings (SSSR count). The molecule has 1 aromatic rings. The van der Waals surface area contributed by atoms with Crippen LogP contribution in [0.4, 0.5) is 0 Å². The van der Waals surface area contributed by atoms with Crippen LogP contribution in [0.15, 0.2) is 30.3 Å². The molecule has 1 fully saturated rings. The molecule has 0 bridgehead atoms. The lowest BCUT2D eigenvalue weighted by Crippen LogP contribution is -2.47. The monoisotopic (exact) mass is 262 g/mol. The predicted molar refractivity (Wildman–Crippen MR) is 79.3 cm³/mol. The van der Waals surface area contributed by atoms with Gasteiger partial charge in [0.25, 0.3) is 0 Å². The molecule has 0 aromatic heterocycles. The summed E-state index contributed by atoms with van der Waals surface area (Å²) in [6.07, 6.45) is 2.30. The van der Waals surface area contributed by atoms with Crippen LogP contribution in [0.1, 0.15) is 38.2 Å². The maximum Gasteiger partial charge on any atom is 0.0779 e. The van der Waals surface area contributed by atoms with Gasteiger partial charge in [-0.2, -0.15) is 0 Å². The molecule has 19 heavy (non-hydrogen) atoms. The highest BCUT2D eigenvalue weighted by Crippen LogP contribution is 2.25. The van der Waals surface area contributed by atoms with Crippen molar-refractivity contribution in [2.75, 3.05) is 19.7 Å². The predicted octanol–water partition coefficient (Wildman–Crippen LogP) is 2.28. The smallest absolute Gasteiger partial charge is 0.0779 e. The van der Waals surface area contributed by atoms with Crippen LogP contribution in [0.25, 0.3) is 0 Å². The summed E-state index contributed by atoms with van der Waals surface area (Å²) in [4.78, 5) is 0. The van der Waals surface area contributed by atoms with Crippen molar-refractivity contribution in [1.82, 2.24) is 5.32 Å². The van der Waals surface area contributed by atoms with Crippen LogP contribution in [0, 0.1) is 0 Å². The molecule has 0 saturated carbocycles. The SMILES string of the molecule is CC(c1ccccc1)C(CN)NCC1(C)CCCO1. The Morgan fingerprint density at radius 2 is 2.11 bits per heavy atom. The molecule has 3 unspecified atom stereocenters. The van der Waals surface area contributed by atoms with Crippen LogP contribution in [0.5, 0.6) is 0 Å². The second kappa shape index (κ2) is 6.51. The highest BCUT2D eigenvalue weighted by molar-refractivity contribution is 5.20. The van der Waals surface area contributed by atoms with E-state index in [0.717, 1.165) is 19.6 Å². The molecule has 1 aliphatic heterocycles. The lowest BCUT2D eigenvalue weighted by molar-refractivity contribution is 0.0184. The van der Waals surface area contributed by atoms with Gasteiger partial charge in [-0.25, -0.2) is 0 Å². The molecule has 3 N–H and O–H groups in total. The van der Waals surface area contributed by atoms with E-state index in [9.17, 15) is 0 Å². The third-order valence-electron chi connectivity index (χ3n) is 4.22. The van der Waals surface area contributed by atoms with Gasteiger partial charge in [0.2, 0.25) is 0 Å². The Bertz CT molecular complexity index is 374. The number of hydrogen-bond acceptors (Lipinski definition) is 3. The van der Waals surface area contributed by atoms with Gasteiger partial charge in [-0.1, -0.05) is 37.3 Å². The molecule has 1 aliphatic rings. The molecule has 1 saturated heterocycles. The molecule has 3 atom stereocenters. The molecular formula is C16H26N2O. The first-order valence-corrected chi connectivity index (χ1v) is 7.27. The molecule has 1 aromatic carbocycles. The first-order chi connectivity index (χ1) is 9.14. The number of ether oxygens (including phenoxy) is 1. The van der Waals surface area contributed by atoms with E-state index in [4.69, 9.17) is 10.5 Å². The maximum absolute atomic E-state index is 5.94. The topological polar surface area (TPSA) is 47.3 Å². The zero-order valence-electron chi connectivity index (χ0n) is 12.1. The Balaban J connectivity index is 1.92. The van der Waals surface area contributed by atoms with E-state index in [1.54, 1.807) is 0 Å². The van der Waals surface area contributed by atoms with Crippen molar-refractivity contribution in [2.24, 2.45) is 5.73 Å². The van der Waals surface area contributed by atoms with E-state index in [1.807, 2.05) is 0 Å². The van der Waals surface area contributed by atoms with Gasteiger partial charge in [0, 0.05) is 25.7 Å². The number of rotatable bonds is 6. The molecule has 0 spiro atoms. The summed E-state index contributed by atoms with van der Waals surface area (Å²) in [5.74, 6) is 0.413. The molecular weight excluding hydrogens is 236 g/mol. The summed E-state index contributed by atoms with van der Waals surface area (Å²) >= 11 is 0. The quantitative estimate of drug-likeness (QED) is 0.827. The van der Waals surface area contributed by atoms with E-state index >= 15 is 0 Å². The summed E-state index contributed by atoms with van der Waals surface area (Å²) in [6.45, 7) is 6.84. The number of benzene rings is 1. The second-order valence-corrected chi connectivity index (χ2v) is 5.82. The summed E-state index contributed by atoms with van der Waals surface area (Å²) in [5, 5.41) is 3.60. The van der Waals surface area contributed by atoms with Crippen molar-refractivity contribution in [3.05, 3.63) is 35.9 Å². The third kappa shape index (κ3) is 3.78. The van der Waals surface area contributed by atoms with Crippen LogP contribution in [0.2, 0.25) is 0 Å². The molecule has 1 heterocycles. The molecule has 106 valence electrons. The van der Waals surface area contributed by atoms with E-state index < -0.39 is 0 Å². The lowest BCUT2D eigenvalue weighted by atomic mass is 9.92. The van der Waals surface area contributed by atoms with Crippen LogP contribution < -0.4 is 11.1 Å². The lowest BCUT2D eigenvalue weighted by Gasteiger charge is -2.30. The summed E-state index contributed by atoms with van der Waals surface area (Å²) in [6, 6.07) is 10.9. The summed E-state index contributed by atoms with van der Waals surface area (Å²) < 4.78 is 5.82. The Morgan fingerprint density at radius 3 is 2.68 bits per heavy atom. The molecule has 3 heteroatoms. The van der Waals surface area contributed by atoms with Crippen LogP contribution in [-0.4, -0.2) is 31.3 Å². The van der Waals surface area contributed by atoms with Crippen molar-refractivity contribution in [3.8, 4) is 0 Å². The van der Waals surface area contributed by atoms with Gasteiger partial charge in [0.05, 0.1) is 5.60 Å². The largest absolute Gasteiger partial charge is 0.374 e. The zero-order chi connectivity index (χ0) is 13.7. The minimum atomic E-state index is -0.0101. The first-order valence-electron chi connectivity index (χ1n) is 7.27. The average Bonchev–Trinajstić information content (AvgIpc) is 2.87. The second-order valence-electron chi connectivity index (χ2n) is 5.82. The van der Waals surface area contributed by atoms with Gasteiger partial charge < -0.3 is 15.8 Å². The van der Waals surface area contributed by atoms with Gasteiger partial charge in [0.1, 0.15) is 0 Å². The standard InChI is InChI=1S/C16H26N2O/c1-13(14-7-4-3-5-8-14)15(11-17)18-12-16(2)9-6-10-19-16/h3-5,7-8,13,15,18H,6,9-12,17H2,1-2H3. The molecule has 3 nitrogen and oxygen atoms in total. The highest BCUT2D eigenvalue weighted by atomic mass is 16.5. The van der Waals surface area contributed by atoms with Crippen LogP contribution in [-0.2, 0) is 4.74 Å². The van der Waals surface area contributed by atoms with Crippen LogP contribution in [0.3, 0.4) is 0 Å². The van der Waals surface area contributed by atoms with Gasteiger partial charge in [0.15, 0.2) is 0 Å². The highest BCUT2D eigenvalue weighted by Gasteiger charge is 2.30. The van der Waals surface area contributed by atoms with Crippen molar-refractivity contribution >= 4 is 0 Å². The number of nitrogens with one attached hydrogen (secondary N) is 1. The van der Waals surface area contributed by atoms with Gasteiger partial charge in [-0.15, -0.1) is 0 Å².